The third kappa shape index (κ3) is 7.67. The summed E-state index contributed by atoms with van der Waals surface area (Å²) in [6.45, 7) is 6.91. The molecule has 10 heteroatoms. The van der Waals surface area contributed by atoms with E-state index in [0.29, 0.717) is 13.1 Å². The number of hydrogen-bond donors (Lipinski definition) is 4. The molecule has 4 aromatic carbocycles. The molecule has 2 fully saturated rings. The lowest BCUT2D eigenvalue weighted by Gasteiger charge is -2.28. The molecule has 2 aliphatic heterocycles. The Balaban J connectivity index is 0.924. The highest BCUT2D eigenvalue weighted by molar-refractivity contribution is 5.85. The quantitative estimate of drug-likeness (QED) is 0.0947. The lowest BCUT2D eigenvalue weighted by Crippen LogP contribution is -2.40. The third-order valence-electron chi connectivity index (χ3n) is 11.2. The molecule has 6 aromatic rings. The van der Waals surface area contributed by atoms with E-state index in [1.807, 2.05) is 96.7 Å². The van der Waals surface area contributed by atoms with Crippen molar-refractivity contribution in [3.8, 4) is 33.6 Å². The number of aromatic amines is 2. The Labute approximate surface area is 328 Å². The van der Waals surface area contributed by atoms with Gasteiger partial charge < -0.3 is 30.4 Å². The molecule has 4 N–H and O–H groups in total. The molecule has 2 saturated heterocycles. The fraction of sp³-hybridized carbons (Fsp3) is 0.304. The van der Waals surface area contributed by atoms with Crippen molar-refractivity contribution in [3.63, 3.8) is 0 Å². The van der Waals surface area contributed by atoms with E-state index in [1.165, 1.54) is 0 Å². The zero-order valence-corrected chi connectivity index (χ0v) is 32.1. The third-order valence-corrected chi connectivity index (χ3v) is 11.2. The number of carbonyl (C=O) groups is 2. The molecule has 2 amide bonds. The Morgan fingerprint density at radius 1 is 0.661 bits per heavy atom. The van der Waals surface area contributed by atoms with E-state index in [-0.39, 0.29) is 36.0 Å². The van der Waals surface area contributed by atoms with Gasteiger partial charge in [-0.3, -0.25) is 9.59 Å². The predicted molar refractivity (Wildman–Crippen MR) is 220 cm³/mol. The number of carbonyl (C=O) groups excluding carboxylic acids is 2. The number of nitrogens with zero attached hydrogens (tertiary/aromatic N) is 4. The van der Waals surface area contributed by atoms with E-state index in [4.69, 9.17) is 9.97 Å². The number of H-pyrrole nitrogens is 2. The summed E-state index contributed by atoms with van der Waals surface area (Å²) < 4.78 is 0. The van der Waals surface area contributed by atoms with Crippen LogP contribution in [0.1, 0.15) is 86.5 Å². The number of likely N-dealkylation sites (tertiary alicyclic amines) is 2. The van der Waals surface area contributed by atoms with Gasteiger partial charge in [-0.05, 0) is 66.6 Å². The molecule has 0 bridgehead atoms. The first-order chi connectivity index (χ1) is 27.5. The average molecular weight is 747 g/mol. The highest BCUT2D eigenvalue weighted by atomic mass is 16.2. The minimum atomic E-state index is -0.378. The minimum absolute atomic E-state index is 0.0838. The van der Waals surface area contributed by atoms with Crippen molar-refractivity contribution in [3.05, 3.63) is 144 Å². The number of aromatic nitrogens is 4. The van der Waals surface area contributed by atoms with Gasteiger partial charge in [0.2, 0.25) is 11.8 Å². The summed E-state index contributed by atoms with van der Waals surface area (Å²) in [5.74, 6) is 1.83. The minimum Gasteiger partial charge on any atom is -0.346 e. The summed E-state index contributed by atoms with van der Waals surface area (Å²) in [5.41, 5.74) is 8.03. The van der Waals surface area contributed by atoms with Crippen molar-refractivity contribution >= 4 is 11.8 Å². The first kappa shape index (κ1) is 37.1. The summed E-state index contributed by atoms with van der Waals surface area (Å²) in [7, 11) is 0. The van der Waals surface area contributed by atoms with Crippen LogP contribution in [0.3, 0.4) is 0 Å². The van der Waals surface area contributed by atoms with Crippen LogP contribution in [0.15, 0.2) is 122 Å². The molecule has 4 heterocycles. The molecule has 0 radical (unpaired) electrons. The zero-order chi connectivity index (χ0) is 38.4. The predicted octanol–water partition coefficient (Wildman–Crippen LogP) is 8.16. The van der Waals surface area contributed by atoms with Crippen molar-refractivity contribution in [1.82, 2.24) is 40.4 Å². The number of rotatable bonds is 13. The molecular formula is C46H50N8O2. The Kier molecular flexibility index (Phi) is 11.2. The summed E-state index contributed by atoms with van der Waals surface area (Å²) in [6, 6.07) is 35.9. The molecule has 1 unspecified atom stereocenters. The highest BCUT2D eigenvalue weighted by Gasteiger charge is 2.37. The summed E-state index contributed by atoms with van der Waals surface area (Å²) in [6.07, 6.45) is 7.48. The van der Waals surface area contributed by atoms with Crippen LogP contribution in [-0.4, -0.2) is 67.7 Å². The number of amides is 2. The van der Waals surface area contributed by atoms with E-state index in [0.717, 1.165) is 95.2 Å². The Morgan fingerprint density at radius 2 is 1.14 bits per heavy atom. The normalized spacial score (nSPS) is 18.0. The number of likely N-dealkylation sites (N-methyl/N-ethyl adjacent to an activating group) is 2. The monoisotopic (exact) mass is 746 g/mol. The first-order valence-corrected chi connectivity index (χ1v) is 20.0. The summed E-state index contributed by atoms with van der Waals surface area (Å²) >= 11 is 0. The molecule has 4 atom stereocenters. The lowest BCUT2D eigenvalue weighted by molar-refractivity contribution is -0.135. The van der Waals surface area contributed by atoms with Crippen molar-refractivity contribution in [2.45, 2.75) is 63.7 Å². The molecule has 0 aliphatic carbocycles. The van der Waals surface area contributed by atoms with Crippen LogP contribution in [0.5, 0.6) is 0 Å². The van der Waals surface area contributed by atoms with E-state index in [9.17, 15) is 9.59 Å². The second-order valence-corrected chi connectivity index (χ2v) is 14.7. The van der Waals surface area contributed by atoms with Crippen LogP contribution in [0.4, 0.5) is 0 Å². The maximum Gasteiger partial charge on any atom is 0.244 e. The van der Waals surface area contributed by atoms with Crippen molar-refractivity contribution in [2.24, 2.45) is 0 Å². The van der Waals surface area contributed by atoms with Gasteiger partial charge in [0.1, 0.15) is 23.7 Å². The molecule has 8 rings (SSSR count). The average Bonchev–Trinajstić information content (AvgIpc) is 4.10. The topological polar surface area (TPSA) is 122 Å². The Hall–Kier alpha value is -5.84. The SMILES string of the molecule is CCNC(C(=O)N1CCC[C@H]1c1nc(-c2ccc(-c3ccc(-c4cnc([C@@H]5CCCN5C(=O)[C@H](NCC)c5ccccc5)[nH]4)cc3)cc2)c[nH]1)c1ccccc1. The molecule has 0 spiro atoms. The second kappa shape index (κ2) is 16.9. The maximum atomic E-state index is 13.8. The van der Waals surface area contributed by atoms with Gasteiger partial charge in [-0.2, -0.15) is 0 Å². The molecule has 286 valence electrons. The molecule has 0 saturated carbocycles. The summed E-state index contributed by atoms with van der Waals surface area (Å²) in [4.78, 5) is 48.4. The van der Waals surface area contributed by atoms with Crippen LogP contribution in [0.25, 0.3) is 33.6 Å². The van der Waals surface area contributed by atoms with Crippen molar-refractivity contribution < 1.29 is 9.59 Å². The van der Waals surface area contributed by atoms with E-state index in [2.05, 4.69) is 69.1 Å². The molecule has 56 heavy (non-hydrogen) atoms. The lowest BCUT2D eigenvalue weighted by atomic mass is 10.0. The molecule has 10 nitrogen and oxygen atoms in total. The van der Waals surface area contributed by atoms with E-state index in [1.54, 1.807) is 0 Å². The number of nitrogens with one attached hydrogen (secondary N) is 4. The Morgan fingerprint density at radius 3 is 1.66 bits per heavy atom. The van der Waals surface area contributed by atoms with Gasteiger partial charge in [-0.25, -0.2) is 9.97 Å². The van der Waals surface area contributed by atoms with Gasteiger partial charge in [-0.1, -0.05) is 123 Å². The van der Waals surface area contributed by atoms with Gasteiger partial charge in [-0.15, -0.1) is 0 Å². The van der Waals surface area contributed by atoms with Crippen LogP contribution in [-0.2, 0) is 9.59 Å². The van der Waals surface area contributed by atoms with Crippen molar-refractivity contribution in [2.75, 3.05) is 26.2 Å². The highest BCUT2D eigenvalue weighted by Crippen LogP contribution is 2.36. The van der Waals surface area contributed by atoms with Gasteiger partial charge in [0.15, 0.2) is 0 Å². The number of benzene rings is 4. The first-order valence-electron chi connectivity index (χ1n) is 20.0. The van der Waals surface area contributed by atoms with E-state index < -0.39 is 0 Å². The molecular weight excluding hydrogens is 697 g/mol. The van der Waals surface area contributed by atoms with Crippen LogP contribution >= 0.6 is 0 Å². The largest absolute Gasteiger partial charge is 0.346 e. The standard InChI is InChI=1S/C46H50N8O2/c1-3-47-41(35-13-7-5-8-14-35)45(55)53-27-11-17-39(53)43-49-29-37(51-43)33-23-19-31(20-24-33)32-21-25-34(26-22-32)38-30-50-44(52-38)40-18-12-28-54(40)46(56)42(48-4-2)36-15-9-6-10-16-36/h5-10,13-16,19-26,29-30,39-42,47-48H,3-4,11-12,17-18,27-28H2,1-2H3,(H,49,51)(H,50,52)/t39-,40-,41+,42?/m0/s1. The zero-order valence-electron chi connectivity index (χ0n) is 32.1. The van der Waals surface area contributed by atoms with Gasteiger partial charge in [0.25, 0.3) is 0 Å². The van der Waals surface area contributed by atoms with Crippen molar-refractivity contribution in [1.29, 1.82) is 0 Å². The number of hydrogen-bond acceptors (Lipinski definition) is 6. The van der Waals surface area contributed by atoms with Gasteiger partial charge in [0.05, 0.1) is 29.7 Å². The number of imidazole rings is 2. The van der Waals surface area contributed by atoms with Gasteiger partial charge >= 0.3 is 0 Å². The molecule has 2 aliphatic rings. The van der Waals surface area contributed by atoms with Crippen LogP contribution in [0.2, 0.25) is 0 Å². The molecule has 2 aromatic heterocycles. The Bertz CT molecular complexity index is 2060. The fourth-order valence-electron chi connectivity index (χ4n) is 8.34. The second-order valence-electron chi connectivity index (χ2n) is 14.7. The summed E-state index contributed by atoms with van der Waals surface area (Å²) in [5, 5.41) is 6.79. The van der Waals surface area contributed by atoms with Crippen LogP contribution in [0, 0.1) is 0 Å². The maximum absolute atomic E-state index is 13.8. The van der Waals surface area contributed by atoms with E-state index >= 15 is 0 Å². The smallest absolute Gasteiger partial charge is 0.244 e. The van der Waals surface area contributed by atoms with Gasteiger partial charge in [0, 0.05) is 24.8 Å². The van der Waals surface area contributed by atoms with Crippen LogP contribution < -0.4 is 10.6 Å². The fourth-order valence-corrected chi connectivity index (χ4v) is 8.34.